The Morgan fingerprint density at radius 1 is 0.953 bits per heavy atom. The minimum atomic E-state index is -0.106. The van der Waals surface area contributed by atoms with Gasteiger partial charge in [0, 0.05) is 92.6 Å². The highest BCUT2D eigenvalue weighted by Crippen LogP contribution is 2.36. The van der Waals surface area contributed by atoms with Crippen molar-refractivity contribution in [2.75, 3.05) is 63.1 Å². The summed E-state index contributed by atoms with van der Waals surface area (Å²) in [5.74, 6) is 0.709. The van der Waals surface area contributed by atoms with Crippen LogP contribution in [0.15, 0.2) is 61.3 Å². The van der Waals surface area contributed by atoms with E-state index in [-0.39, 0.29) is 24.5 Å². The molecule has 11 nitrogen and oxygen atoms in total. The summed E-state index contributed by atoms with van der Waals surface area (Å²) in [7, 11) is 2.16. The van der Waals surface area contributed by atoms with Crippen molar-refractivity contribution in [3.05, 3.63) is 66.9 Å². The van der Waals surface area contributed by atoms with Crippen LogP contribution in [0.25, 0.3) is 22.2 Å². The summed E-state index contributed by atoms with van der Waals surface area (Å²) >= 11 is 0. The molecule has 3 aliphatic rings. The molecule has 222 valence electrons. The molecule has 3 amide bonds. The Bertz CT molecular complexity index is 1640. The quantitative estimate of drug-likeness (QED) is 0.387. The Morgan fingerprint density at radius 2 is 1.77 bits per heavy atom. The summed E-state index contributed by atoms with van der Waals surface area (Å²) in [5.41, 5.74) is 5.18. The lowest BCUT2D eigenvalue weighted by molar-refractivity contribution is -0.133. The number of fused-ring (bicyclic) bond motifs is 2. The van der Waals surface area contributed by atoms with E-state index in [1.165, 1.54) is 5.69 Å². The number of likely N-dealkylation sites (tertiary alicyclic amines) is 1. The van der Waals surface area contributed by atoms with Gasteiger partial charge in [-0.05, 0) is 44.0 Å². The Morgan fingerprint density at radius 3 is 2.60 bits per heavy atom. The predicted octanol–water partition coefficient (Wildman–Crippen LogP) is 3.33. The molecule has 7 rings (SSSR count). The third kappa shape index (κ3) is 5.40. The molecule has 0 unspecified atom stereocenters. The highest BCUT2D eigenvalue weighted by molar-refractivity contribution is 5.98. The number of nitrogens with one attached hydrogen (secondary N) is 1. The van der Waals surface area contributed by atoms with Gasteiger partial charge in [0.2, 0.25) is 5.91 Å². The zero-order valence-corrected chi connectivity index (χ0v) is 24.5. The number of benzene rings is 1. The number of anilines is 2. The molecule has 2 saturated heterocycles. The topological polar surface area (TPSA) is 103 Å². The fraction of sp³-hybridized carbons (Fsp3) is 0.406. The van der Waals surface area contributed by atoms with Crippen LogP contribution in [0.2, 0.25) is 0 Å². The van der Waals surface area contributed by atoms with Gasteiger partial charge in [0.1, 0.15) is 24.3 Å². The zero-order valence-electron chi connectivity index (χ0n) is 24.5. The lowest BCUT2D eigenvalue weighted by Crippen LogP contribution is -2.50. The number of pyridine rings is 1. The van der Waals surface area contributed by atoms with Crippen LogP contribution in [-0.4, -0.2) is 105 Å². The van der Waals surface area contributed by atoms with Crippen LogP contribution in [0.5, 0.6) is 0 Å². The summed E-state index contributed by atoms with van der Waals surface area (Å²) in [6, 6.07) is 12.4. The smallest absolute Gasteiger partial charge is 0.323 e. The van der Waals surface area contributed by atoms with E-state index in [9.17, 15) is 9.59 Å². The Balaban J connectivity index is 1.06. The molecule has 4 aromatic rings. The molecule has 0 spiro atoms. The molecule has 3 aliphatic heterocycles. The minimum absolute atomic E-state index is 0.0600. The molecular weight excluding hydrogens is 542 g/mol. The van der Waals surface area contributed by atoms with Crippen LogP contribution in [-0.2, 0) is 17.8 Å². The Kier molecular flexibility index (Phi) is 7.40. The molecule has 0 aliphatic carbocycles. The number of piperidine rings is 1. The van der Waals surface area contributed by atoms with Gasteiger partial charge >= 0.3 is 6.03 Å². The van der Waals surface area contributed by atoms with Gasteiger partial charge in [-0.2, -0.15) is 0 Å². The normalized spacial score (nSPS) is 18.4. The summed E-state index contributed by atoms with van der Waals surface area (Å²) in [4.78, 5) is 48.5. The predicted molar refractivity (Wildman–Crippen MR) is 166 cm³/mol. The maximum Gasteiger partial charge on any atom is 0.323 e. The minimum Gasteiger partial charge on any atom is -0.368 e. The molecule has 0 atom stereocenters. The monoisotopic (exact) mass is 579 g/mol. The van der Waals surface area contributed by atoms with Crippen molar-refractivity contribution < 1.29 is 9.59 Å². The highest BCUT2D eigenvalue weighted by Gasteiger charge is 2.32. The van der Waals surface area contributed by atoms with Crippen molar-refractivity contribution in [1.29, 1.82) is 0 Å². The number of rotatable bonds is 5. The van der Waals surface area contributed by atoms with Gasteiger partial charge in [-0.3, -0.25) is 10.1 Å². The van der Waals surface area contributed by atoms with Gasteiger partial charge in [-0.15, -0.1) is 0 Å². The number of hydrogen-bond donors (Lipinski definition) is 1. The van der Waals surface area contributed by atoms with Gasteiger partial charge in [-0.1, -0.05) is 24.3 Å². The highest BCUT2D eigenvalue weighted by atomic mass is 16.2. The first-order chi connectivity index (χ1) is 21.0. The van der Waals surface area contributed by atoms with E-state index in [1.807, 2.05) is 32.7 Å². The molecule has 1 aromatic carbocycles. The summed E-state index contributed by atoms with van der Waals surface area (Å²) in [6.07, 6.45) is 9.43. The van der Waals surface area contributed by atoms with Crippen LogP contribution in [0.4, 0.5) is 16.3 Å². The average molecular weight is 580 g/mol. The number of amides is 3. The Labute approximate surface area is 251 Å². The maximum atomic E-state index is 13.6. The van der Waals surface area contributed by atoms with E-state index in [4.69, 9.17) is 0 Å². The Hall–Kier alpha value is -4.51. The van der Waals surface area contributed by atoms with E-state index in [2.05, 4.69) is 67.6 Å². The fourth-order valence-electron chi connectivity index (χ4n) is 6.68. The van der Waals surface area contributed by atoms with Crippen molar-refractivity contribution in [2.45, 2.75) is 31.8 Å². The first kappa shape index (κ1) is 27.3. The number of likely N-dealkylation sites (N-methyl/N-ethyl adjacent to an activating group) is 1. The number of aromatic nitrogens is 4. The molecule has 11 heteroatoms. The largest absolute Gasteiger partial charge is 0.368 e. The van der Waals surface area contributed by atoms with Crippen molar-refractivity contribution in [2.24, 2.45) is 0 Å². The number of urea groups is 1. The molecule has 0 bridgehead atoms. The lowest BCUT2D eigenvalue weighted by atomic mass is 10.0. The molecule has 6 heterocycles. The van der Waals surface area contributed by atoms with Crippen molar-refractivity contribution in [3.8, 4) is 11.1 Å². The van der Waals surface area contributed by atoms with E-state index in [1.54, 1.807) is 12.5 Å². The van der Waals surface area contributed by atoms with Gasteiger partial charge < -0.3 is 24.2 Å². The molecular formula is C32H37N9O2. The summed E-state index contributed by atoms with van der Waals surface area (Å²) < 4.78 is 1.97. The second kappa shape index (κ2) is 11.6. The van der Waals surface area contributed by atoms with E-state index >= 15 is 0 Å². The van der Waals surface area contributed by atoms with E-state index in [0.717, 1.165) is 73.2 Å². The number of para-hydroxylation sites is 1. The van der Waals surface area contributed by atoms with Crippen molar-refractivity contribution >= 4 is 34.5 Å². The van der Waals surface area contributed by atoms with Crippen LogP contribution < -0.4 is 10.2 Å². The number of nitrogens with zero attached hydrogens (tertiary/aromatic N) is 8. The van der Waals surface area contributed by atoms with Gasteiger partial charge in [0.05, 0.1) is 0 Å². The molecule has 2 fully saturated rings. The van der Waals surface area contributed by atoms with Gasteiger partial charge in [-0.25, -0.2) is 19.7 Å². The third-order valence-corrected chi connectivity index (χ3v) is 9.14. The van der Waals surface area contributed by atoms with E-state index in [0.29, 0.717) is 25.5 Å². The second-order valence-electron chi connectivity index (χ2n) is 11.7. The average Bonchev–Trinajstić information content (AvgIpc) is 3.30. The third-order valence-electron chi connectivity index (χ3n) is 9.14. The first-order valence-corrected chi connectivity index (χ1v) is 15.2. The first-order valence-electron chi connectivity index (χ1n) is 15.2. The van der Waals surface area contributed by atoms with Gasteiger partial charge in [0.15, 0.2) is 0 Å². The van der Waals surface area contributed by atoms with Crippen LogP contribution in [0.1, 0.15) is 18.4 Å². The molecule has 3 aromatic heterocycles. The van der Waals surface area contributed by atoms with Crippen molar-refractivity contribution in [1.82, 2.24) is 34.2 Å². The number of carbonyl (C=O) groups excluding carboxylic acids is 2. The van der Waals surface area contributed by atoms with Crippen LogP contribution in [0.3, 0.4) is 0 Å². The summed E-state index contributed by atoms with van der Waals surface area (Å²) in [5, 5.41) is 3.91. The molecule has 43 heavy (non-hydrogen) atoms. The molecule has 1 N–H and O–H groups in total. The summed E-state index contributed by atoms with van der Waals surface area (Å²) in [6.45, 7) is 6.09. The molecule has 0 radical (unpaired) electrons. The van der Waals surface area contributed by atoms with Crippen LogP contribution in [0, 0.1) is 0 Å². The van der Waals surface area contributed by atoms with Gasteiger partial charge in [0.25, 0.3) is 0 Å². The second-order valence-corrected chi connectivity index (χ2v) is 11.7. The zero-order chi connectivity index (χ0) is 29.3. The number of piperazine rings is 1. The fourth-order valence-corrected chi connectivity index (χ4v) is 6.68. The SMILES string of the molecule is CN1CCN(c2ccccc2-c2cn(CC(=O)N3CCC(N4CCc5cccnc5NC4=O)CC3)c3ncncc23)CC1. The molecule has 0 saturated carbocycles. The van der Waals surface area contributed by atoms with Crippen LogP contribution >= 0.6 is 0 Å². The lowest BCUT2D eigenvalue weighted by Gasteiger charge is -2.38. The number of carbonyl (C=O) groups is 2. The van der Waals surface area contributed by atoms with Crippen molar-refractivity contribution in [3.63, 3.8) is 0 Å². The standard InChI is InChI=1S/C32H37N9O2/c1-37-15-17-38(18-16-37)28-7-3-2-6-25(28)27-20-40(31-26(27)19-33-22-35-31)21-29(42)39-12-9-24(10-13-39)41-14-8-23-5-4-11-34-30(23)36-32(41)43/h2-7,11,19-20,22,24H,8-10,12-18,21H2,1H3,(H,34,36,43). The number of hydrogen-bond acceptors (Lipinski definition) is 7. The van der Waals surface area contributed by atoms with E-state index < -0.39 is 0 Å². The maximum absolute atomic E-state index is 13.6.